The summed E-state index contributed by atoms with van der Waals surface area (Å²) in [4.78, 5) is 12.5. The maximum Gasteiger partial charge on any atom is 0.244 e. The quantitative estimate of drug-likeness (QED) is 0.488. The first-order chi connectivity index (χ1) is 14.5. The monoisotopic (exact) mass is 426 g/mol. The minimum Gasteiger partial charge on any atom is -0.493 e. The van der Waals surface area contributed by atoms with Gasteiger partial charge in [0.15, 0.2) is 11.5 Å². The molecular weight excluding hydrogens is 400 g/mol. The summed E-state index contributed by atoms with van der Waals surface area (Å²) in [5, 5.41) is 4.86. The number of halogens is 1. The second-order valence-electron chi connectivity index (χ2n) is 8.40. The van der Waals surface area contributed by atoms with E-state index in [2.05, 4.69) is 17.5 Å². The summed E-state index contributed by atoms with van der Waals surface area (Å²) < 4.78 is 11.3. The molecule has 2 aliphatic carbocycles. The Morgan fingerprint density at radius 2 is 2.03 bits per heavy atom. The maximum atomic E-state index is 12.5. The van der Waals surface area contributed by atoms with E-state index in [0.29, 0.717) is 29.0 Å². The highest BCUT2D eigenvalue weighted by Gasteiger charge is 2.64. The van der Waals surface area contributed by atoms with Gasteiger partial charge < -0.3 is 9.47 Å². The molecule has 2 fully saturated rings. The van der Waals surface area contributed by atoms with Crippen molar-refractivity contribution in [2.45, 2.75) is 39.2 Å². The third-order valence-corrected chi connectivity index (χ3v) is 6.75. The van der Waals surface area contributed by atoms with Crippen LogP contribution in [0, 0.1) is 17.3 Å². The zero-order chi connectivity index (χ0) is 21.1. The van der Waals surface area contributed by atoms with Gasteiger partial charge in [0, 0.05) is 10.9 Å². The number of nitrogens with zero attached hydrogens (tertiary/aromatic N) is 1. The van der Waals surface area contributed by atoms with Crippen LogP contribution in [0.3, 0.4) is 0 Å². The fourth-order valence-corrected chi connectivity index (χ4v) is 4.84. The van der Waals surface area contributed by atoms with E-state index in [-0.39, 0.29) is 17.2 Å². The summed E-state index contributed by atoms with van der Waals surface area (Å²) in [6, 6.07) is 13.1. The molecule has 0 spiro atoms. The van der Waals surface area contributed by atoms with Crippen LogP contribution in [0.1, 0.15) is 43.7 Å². The van der Waals surface area contributed by atoms with Crippen molar-refractivity contribution in [3.05, 3.63) is 58.6 Å². The zero-order valence-corrected chi connectivity index (χ0v) is 18.1. The van der Waals surface area contributed by atoms with E-state index in [1.807, 2.05) is 42.5 Å². The van der Waals surface area contributed by atoms with Crippen LogP contribution in [-0.2, 0) is 11.4 Å². The van der Waals surface area contributed by atoms with E-state index in [9.17, 15) is 4.79 Å². The van der Waals surface area contributed by atoms with Crippen molar-refractivity contribution < 1.29 is 14.3 Å². The number of rotatable bonds is 7. The summed E-state index contributed by atoms with van der Waals surface area (Å²) in [6.07, 6.45) is 6.41. The molecule has 158 valence electrons. The molecule has 0 aliphatic heterocycles. The number of amides is 1. The first-order valence-electron chi connectivity index (χ1n) is 10.4. The highest BCUT2D eigenvalue weighted by atomic mass is 35.5. The number of fused-ring (bicyclic) bond motifs is 1. The lowest BCUT2D eigenvalue weighted by atomic mass is 9.90. The second kappa shape index (κ2) is 8.68. The summed E-state index contributed by atoms with van der Waals surface area (Å²) in [5.74, 6) is 1.92. The van der Waals surface area contributed by atoms with Crippen LogP contribution >= 0.6 is 11.6 Å². The van der Waals surface area contributed by atoms with Gasteiger partial charge >= 0.3 is 0 Å². The topological polar surface area (TPSA) is 59.9 Å². The largest absolute Gasteiger partial charge is 0.493 e. The van der Waals surface area contributed by atoms with Crippen LogP contribution in [0.15, 0.2) is 47.6 Å². The zero-order valence-electron chi connectivity index (χ0n) is 17.4. The molecule has 5 nitrogen and oxygen atoms in total. The Hall–Kier alpha value is -2.53. The van der Waals surface area contributed by atoms with Gasteiger partial charge in [0.25, 0.3) is 0 Å². The summed E-state index contributed by atoms with van der Waals surface area (Å²) in [6.45, 7) is 2.65. The van der Waals surface area contributed by atoms with Crippen molar-refractivity contribution in [1.29, 1.82) is 0 Å². The minimum absolute atomic E-state index is 0.0375. The van der Waals surface area contributed by atoms with Crippen LogP contribution in [0.25, 0.3) is 0 Å². The van der Waals surface area contributed by atoms with Gasteiger partial charge in [0.1, 0.15) is 6.61 Å². The molecular formula is C24H27ClN2O3. The van der Waals surface area contributed by atoms with Crippen LogP contribution in [0.2, 0.25) is 5.02 Å². The number of carbonyl (C=O) groups is 1. The van der Waals surface area contributed by atoms with E-state index >= 15 is 0 Å². The lowest BCUT2D eigenvalue weighted by Gasteiger charge is -2.15. The Balaban J connectivity index is 1.34. The number of hydrogen-bond donors (Lipinski definition) is 1. The Morgan fingerprint density at radius 1 is 1.23 bits per heavy atom. The van der Waals surface area contributed by atoms with Gasteiger partial charge in [-0.15, -0.1) is 0 Å². The molecule has 4 rings (SSSR count). The van der Waals surface area contributed by atoms with Gasteiger partial charge in [-0.05, 0) is 65.6 Å². The van der Waals surface area contributed by atoms with Crippen molar-refractivity contribution in [2.24, 2.45) is 22.4 Å². The molecule has 0 radical (unpaired) electrons. The van der Waals surface area contributed by atoms with E-state index < -0.39 is 0 Å². The molecule has 30 heavy (non-hydrogen) atoms. The third kappa shape index (κ3) is 4.31. The molecule has 2 aromatic carbocycles. The highest BCUT2D eigenvalue weighted by Crippen LogP contribution is 2.66. The minimum atomic E-state index is 0.0375. The molecule has 0 saturated heterocycles. The lowest BCUT2D eigenvalue weighted by Crippen LogP contribution is -2.22. The van der Waals surface area contributed by atoms with Gasteiger partial charge in [-0.25, -0.2) is 5.43 Å². The van der Waals surface area contributed by atoms with Crippen molar-refractivity contribution in [3.8, 4) is 11.5 Å². The number of nitrogens with one attached hydrogen (secondary N) is 1. The van der Waals surface area contributed by atoms with E-state index in [0.717, 1.165) is 24.0 Å². The number of benzene rings is 2. The molecule has 1 N–H and O–H groups in total. The molecule has 1 amide bonds. The SMILES string of the molecule is COc1cc(C=NNC(=O)C2C3CCCCC32C)ccc1OCc1ccc(Cl)cc1. The normalized spacial score (nSPS) is 24.9. The highest BCUT2D eigenvalue weighted by molar-refractivity contribution is 6.30. The molecule has 6 heteroatoms. The average molecular weight is 427 g/mol. The second-order valence-corrected chi connectivity index (χ2v) is 8.83. The lowest BCUT2D eigenvalue weighted by molar-refractivity contribution is -0.123. The van der Waals surface area contributed by atoms with Crippen molar-refractivity contribution in [3.63, 3.8) is 0 Å². The average Bonchev–Trinajstić information content (AvgIpc) is 3.39. The predicted octanol–water partition coefficient (Wildman–Crippen LogP) is 5.20. The summed E-state index contributed by atoms with van der Waals surface area (Å²) in [5.41, 5.74) is 4.75. The molecule has 2 aliphatic rings. The summed E-state index contributed by atoms with van der Waals surface area (Å²) >= 11 is 5.91. The maximum absolute atomic E-state index is 12.5. The van der Waals surface area contributed by atoms with Crippen LogP contribution in [0.5, 0.6) is 11.5 Å². The van der Waals surface area contributed by atoms with Crippen molar-refractivity contribution >= 4 is 23.7 Å². The van der Waals surface area contributed by atoms with Crippen LogP contribution < -0.4 is 14.9 Å². The molecule has 3 unspecified atom stereocenters. The first-order valence-corrected chi connectivity index (χ1v) is 10.8. The van der Waals surface area contributed by atoms with Gasteiger partial charge in [-0.1, -0.05) is 43.5 Å². The number of hydrogen-bond acceptors (Lipinski definition) is 4. The smallest absolute Gasteiger partial charge is 0.244 e. The standard InChI is InChI=1S/C24H27ClN2O3/c1-24-12-4-3-5-19(24)22(24)23(28)27-26-14-17-8-11-20(21(13-17)29-2)30-15-16-6-9-18(25)10-7-16/h6-11,13-14,19,22H,3-5,12,15H2,1-2H3,(H,27,28). The van der Waals surface area contributed by atoms with Gasteiger partial charge in [0.2, 0.25) is 5.91 Å². The van der Waals surface area contributed by atoms with Crippen LogP contribution in [0.4, 0.5) is 0 Å². The number of carbonyl (C=O) groups excluding carboxylic acids is 1. The fraction of sp³-hybridized carbons (Fsp3) is 0.417. The molecule has 0 heterocycles. The Labute approximate surface area is 182 Å². The van der Waals surface area contributed by atoms with Gasteiger partial charge in [0.05, 0.1) is 13.3 Å². The first kappa shape index (κ1) is 20.7. The number of ether oxygens (including phenoxy) is 2. The molecule has 2 aromatic rings. The number of hydrazone groups is 1. The van der Waals surface area contributed by atoms with Crippen molar-refractivity contribution in [1.82, 2.24) is 5.43 Å². The Kier molecular flexibility index (Phi) is 6.00. The molecule has 0 aromatic heterocycles. The van der Waals surface area contributed by atoms with Crippen LogP contribution in [-0.4, -0.2) is 19.2 Å². The van der Waals surface area contributed by atoms with Gasteiger partial charge in [-0.3, -0.25) is 4.79 Å². The molecule has 2 saturated carbocycles. The predicted molar refractivity (Wildman–Crippen MR) is 118 cm³/mol. The Morgan fingerprint density at radius 3 is 2.73 bits per heavy atom. The van der Waals surface area contributed by atoms with Gasteiger partial charge in [-0.2, -0.15) is 5.10 Å². The number of methoxy groups -OCH3 is 1. The summed E-state index contributed by atoms with van der Waals surface area (Å²) in [7, 11) is 1.60. The van der Waals surface area contributed by atoms with E-state index in [1.165, 1.54) is 12.8 Å². The van der Waals surface area contributed by atoms with Crippen molar-refractivity contribution in [2.75, 3.05) is 7.11 Å². The Bertz CT molecular complexity index is 944. The van der Waals surface area contributed by atoms with E-state index in [4.69, 9.17) is 21.1 Å². The molecule has 0 bridgehead atoms. The van der Waals surface area contributed by atoms with E-state index in [1.54, 1.807) is 13.3 Å². The molecule has 3 atom stereocenters. The fourth-order valence-electron chi connectivity index (χ4n) is 4.72. The third-order valence-electron chi connectivity index (χ3n) is 6.50.